The molecule has 0 amide bonds. The first-order valence-electron chi connectivity index (χ1n) is 6.00. The van der Waals surface area contributed by atoms with Crippen LogP contribution in [0.5, 0.6) is 0 Å². The first-order valence-corrected chi connectivity index (χ1v) is 6.00. The third-order valence-corrected chi connectivity index (χ3v) is 3.43. The molecule has 0 radical (unpaired) electrons. The lowest BCUT2D eigenvalue weighted by molar-refractivity contribution is -0.137. The summed E-state index contributed by atoms with van der Waals surface area (Å²) in [5.74, 6) is 0.938. The van der Waals surface area contributed by atoms with Crippen molar-refractivity contribution in [3.05, 3.63) is 35.4 Å². The molecule has 96 valence electrons. The number of halogens is 3. The summed E-state index contributed by atoms with van der Waals surface area (Å²) in [5, 5.41) is 0. The van der Waals surface area contributed by atoms with Crippen molar-refractivity contribution < 1.29 is 13.2 Å². The quantitative estimate of drug-likeness (QED) is 0.704. The number of hydrogen-bond donors (Lipinski definition) is 0. The van der Waals surface area contributed by atoms with Crippen LogP contribution in [0.25, 0.3) is 0 Å². The maximum atomic E-state index is 12.5. The smallest absolute Gasteiger partial charge is 0.166 e. The van der Waals surface area contributed by atoms with E-state index < -0.39 is 11.7 Å². The van der Waals surface area contributed by atoms with E-state index in [4.69, 9.17) is 0 Å². The van der Waals surface area contributed by atoms with E-state index in [0.29, 0.717) is 18.3 Å². The van der Waals surface area contributed by atoms with Gasteiger partial charge in [0, 0.05) is 0 Å². The summed E-state index contributed by atoms with van der Waals surface area (Å²) in [7, 11) is 0. The highest BCUT2D eigenvalue weighted by Crippen LogP contribution is 2.30. The van der Waals surface area contributed by atoms with Gasteiger partial charge in [-0.3, -0.25) is 0 Å². The van der Waals surface area contributed by atoms with Crippen LogP contribution < -0.4 is 0 Å². The summed E-state index contributed by atoms with van der Waals surface area (Å²) in [6, 6.07) is 5.64. The van der Waals surface area contributed by atoms with Crippen molar-refractivity contribution in [2.24, 2.45) is 11.8 Å². The van der Waals surface area contributed by atoms with Crippen molar-refractivity contribution in [2.45, 2.75) is 39.8 Å². The molecule has 0 aliphatic heterocycles. The molecule has 3 heteroatoms. The van der Waals surface area contributed by atoms with Gasteiger partial charge in [-0.1, -0.05) is 45.4 Å². The minimum Gasteiger partial charge on any atom is -0.166 e. The van der Waals surface area contributed by atoms with Crippen molar-refractivity contribution in [2.75, 3.05) is 0 Å². The summed E-state index contributed by atoms with van der Waals surface area (Å²) in [6.45, 7) is 6.33. The van der Waals surface area contributed by atoms with Crippen molar-refractivity contribution in [1.29, 1.82) is 0 Å². The van der Waals surface area contributed by atoms with Gasteiger partial charge < -0.3 is 0 Å². The summed E-state index contributed by atoms with van der Waals surface area (Å²) in [5.41, 5.74) is 0.221. The molecule has 0 saturated heterocycles. The zero-order valence-corrected chi connectivity index (χ0v) is 10.5. The second-order valence-electron chi connectivity index (χ2n) is 4.77. The molecule has 0 N–H and O–H groups in total. The van der Waals surface area contributed by atoms with Gasteiger partial charge in [-0.25, -0.2) is 0 Å². The minimum absolute atomic E-state index is 0.406. The molecule has 1 aromatic rings. The molecule has 1 rings (SSSR count). The van der Waals surface area contributed by atoms with E-state index in [2.05, 4.69) is 20.8 Å². The Labute approximate surface area is 101 Å². The Balaban J connectivity index is 2.79. The van der Waals surface area contributed by atoms with E-state index in [9.17, 15) is 13.2 Å². The first-order chi connectivity index (χ1) is 7.84. The largest absolute Gasteiger partial charge is 0.416 e. The Kier molecular flexibility index (Phi) is 4.61. The number of benzene rings is 1. The molecule has 0 aromatic heterocycles. The molecule has 0 spiro atoms. The molecule has 0 saturated carbocycles. The SMILES string of the molecule is CCC(C)C(C)Cc1cccc(C(F)(F)F)c1. The molecule has 2 unspecified atom stereocenters. The van der Waals surface area contributed by atoms with Gasteiger partial charge in [-0.05, 0) is 29.9 Å². The Hall–Kier alpha value is -0.990. The zero-order valence-electron chi connectivity index (χ0n) is 10.5. The Bertz CT molecular complexity index is 355. The van der Waals surface area contributed by atoms with E-state index in [0.717, 1.165) is 18.1 Å². The third-order valence-electron chi connectivity index (χ3n) is 3.43. The standard InChI is InChI=1S/C14H19F3/c1-4-10(2)11(3)8-12-6-5-7-13(9-12)14(15,16)17/h5-7,9-11H,4,8H2,1-3H3. The lowest BCUT2D eigenvalue weighted by atomic mass is 9.88. The average molecular weight is 244 g/mol. The normalized spacial score (nSPS) is 15.6. The van der Waals surface area contributed by atoms with Crippen molar-refractivity contribution >= 4 is 0 Å². The lowest BCUT2D eigenvalue weighted by Crippen LogP contribution is -2.11. The monoisotopic (exact) mass is 244 g/mol. The number of rotatable bonds is 4. The predicted octanol–water partition coefficient (Wildman–Crippen LogP) is 4.93. The second-order valence-corrected chi connectivity index (χ2v) is 4.77. The van der Waals surface area contributed by atoms with E-state index in [1.54, 1.807) is 6.07 Å². The Morgan fingerprint density at radius 3 is 2.29 bits per heavy atom. The van der Waals surface area contributed by atoms with Crippen LogP contribution in [-0.4, -0.2) is 0 Å². The molecular formula is C14H19F3. The molecule has 0 nitrogen and oxygen atoms in total. The van der Waals surface area contributed by atoms with Crippen LogP contribution in [0.4, 0.5) is 13.2 Å². The fourth-order valence-electron chi connectivity index (χ4n) is 1.85. The van der Waals surface area contributed by atoms with Crippen molar-refractivity contribution in [1.82, 2.24) is 0 Å². The fraction of sp³-hybridized carbons (Fsp3) is 0.571. The summed E-state index contributed by atoms with van der Waals surface area (Å²) >= 11 is 0. The summed E-state index contributed by atoms with van der Waals surface area (Å²) < 4.78 is 37.6. The van der Waals surface area contributed by atoms with Gasteiger partial charge in [0.15, 0.2) is 0 Å². The Morgan fingerprint density at radius 1 is 1.12 bits per heavy atom. The average Bonchev–Trinajstić information content (AvgIpc) is 2.27. The third kappa shape index (κ3) is 4.06. The van der Waals surface area contributed by atoms with Gasteiger partial charge in [-0.2, -0.15) is 13.2 Å². The van der Waals surface area contributed by atoms with Gasteiger partial charge in [0.25, 0.3) is 0 Å². The van der Waals surface area contributed by atoms with Crippen molar-refractivity contribution in [3.63, 3.8) is 0 Å². The molecule has 17 heavy (non-hydrogen) atoms. The molecule has 0 fully saturated rings. The highest BCUT2D eigenvalue weighted by molar-refractivity contribution is 5.26. The number of hydrogen-bond acceptors (Lipinski definition) is 0. The van der Waals surface area contributed by atoms with Crippen LogP contribution in [0.15, 0.2) is 24.3 Å². The fourth-order valence-corrected chi connectivity index (χ4v) is 1.85. The van der Waals surface area contributed by atoms with Crippen LogP contribution in [0.2, 0.25) is 0 Å². The van der Waals surface area contributed by atoms with Crippen molar-refractivity contribution in [3.8, 4) is 0 Å². The van der Waals surface area contributed by atoms with Gasteiger partial charge in [0.05, 0.1) is 5.56 Å². The topological polar surface area (TPSA) is 0 Å². The summed E-state index contributed by atoms with van der Waals surface area (Å²) in [4.78, 5) is 0. The molecule has 0 aliphatic carbocycles. The van der Waals surface area contributed by atoms with Crippen LogP contribution in [0.3, 0.4) is 0 Å². The Morgan fingerprint density at radius 2 is 1.76 bits per heavy atom. The molecular weight excluding hydrogens is 225 g/mol. The molecule has 0 heterocycles. The van der Waals surface area contributed by atoms with Gasteiger partial charge in [-0.15, -0.1) is 0 Å². The van der Waals surface area contributed by atoms with E-state index in [1.165, 1.54) is 12.1 Å². The lowest BCUT2D eigenvalue weighted by Gasteiger charge is -2.18. The minimum atomic E-state index is -4.24. The molecule has 2 atom stereocenters. The highest BCUT2D eigenvalue weighted by atomic mass is 19.4. The van der Waals surface area contributed by atoms with Crippen LogP contribution in [0, 0.1) is 11.8 Å². The van der Waals surface area contributed by atoms with Crippen LogP contribution in [-0.2, 0) is 12.6 Å². The summed E-state index contributed by atoms with van der Waals surface area (Å²) in [6.07, 6.45) is -2.48. The first kappa shape index (κ1) is 14.1. The van der Waals surface area contributed by atoms with Gasteiger partial charge in [0.1, 0.15) is 0 Å². The molecule has 0 aliphatic rings. The predicted molar refractivity (Wildman–Crippen MR) is 63.8 cm³/mol. The second kappa shape index (κ2) is 5.56. The van der Waals surface area contributed by atoms with Gasteiger partial charge >= 0.3 is 6.18 Å². The maximum Gasteiger partial charge on any atom is 0.416 e. The van der Waals surface area contributed by atoms with Gasteiger partial charge in [0.2, 0.25) is 0 Å². The van der Waals surface area contributed by atoms with Crippen LogP contribution >= 0.6 is 0 Å². The highest BCUT2D eigenvalue weighted by Gasteiger charge is 2.30. The number of alkyl halides is 3. The van der Waals surface area contributed by atoms with E-state index in [-0.39, 0.29) is 0 Å². The van der Waals surface area contributed by atoms with Crippen LogP contribution in [0.1, 0.15) is 38.3 Å². The zero-order chi connectivity index (χ0) is 13.1. The van der Waals surface area contributed by atoms with E-state index >= 15 is 0 Å². The molecule has 0 bridgehead atoms. The van der Waals surface area contributed by atoms with E-state index in [1.807, 2.05) is 0 Å². The molecule has 1 aromatic carbocycles. The maximum absolute atomic E-state index is 12.5.